The second kappa shape index (κ2) is 36.5. The molecule has 3 saturated heterocycles. The van der Waals surface area contributed by atoms with E-state index in [1.54, 1.807) is 43.3 Å². The molecule has 3 aliphatic rings. The number of benzene rings is 10. The van der Waals surface area contributed by atoms with Gasteiger partial charge in [-0.1, -0.05) is 229 Å². The van der Waals surface area contributed by atoms with Crippen molar-refractivity contribution in [3.63, 3.8) is 0 Å². The second-order valence-electron chi connectivity index (χ2n) is 26.4. The van der Waals surface area contributed by atoms with Crippen LogP contribution in [0.25, 0.3) is 0 Å². The van der Waals surface area contributed by atoms with Crippen molar-refractivity contribution in [2.75, 3.05) is 46.8 Å². The molecule has 9 atom stereocenters. The molecule has 19 heteroatoms. The zero-order valence-electron chi connectivity index (χ0n) is 59.4. The standard InChI is InChI=1S/C44H46ClFO8.C43H42ClFO7/c1-3-50-39-22-19-34(24-38(39)46)23-35-25-36(20-21-37(35)45)44(49-2)42(53-28-33-17-11-6-12-18-33)40(51-26-31-13-7-4-8-14-31)41(43(29-47,30-48)54-44)52-27-32-15-9-5-10-16-32;1-2-47-38-21-18-33(23-37(38)45)22-34-24-35(19-20-36(34)44)43-41(50-27-32-16-10-5-11-17-32)39(48-25-30-12-6-3-7-13-30)40(42(28-46,52-43)29-51-43)49-26-31-14-8-4-9-15-31/h4-22,24-25,40-42,47-48H,3,23,26-30H2,1-2H3;3-21,23-24,39-41,46H,2,22,25-29H2,1H3/t40-,41-,42+,44-;39-,40-,41+,42-,43-/m00/s1. The normalized spacial score (nSPS) is 22.3. The summed E-state index contributed by atoms with van der Waals surface area (Å²) in [6.07, 6.45) is -4.83. The topological polar surface area (TPSA) is 171 Å². The lowest BCUT2D eigenvalue weighted by molar-refractivity contribution is -0.417. The summed E-state index contributed by atoms with van der Waals surface area (Å²) in [5.41, 5.74) is 6.39. The van der Waals surface area contributed by atoms with E-state index in [4.69, 9.17) is 80.0 Å². The highest BCUT2D eigenvalue weighted by molar-refractivity contribution is 6.31. The van der Waals surface area contributed by atoms with E-state index in [0.717, 1.165) is 44.5 Å². The van der Waals surface area contributed by atoms with Crippen LogP contribution >= 0.6 is 23.2 Å². The van der Waals surface area contributed by atoms with Gasteiger partial charge in [0.15, 0.2) is 23.1 Å². The molecule has 3 aliphatic heterocycles. The monoisotopic (exact) mass is 1480 g/mol. The number of ether oxygens (including phenoxy) is 12. The summed E-state index contributed by atoms with van der Waals surface area (Å²) in [6.45, 7) is 3.84. The molecule has 3 N–H and O–H groups in total. The summed E-state index contributed by atoms with van der Waals surface area (Å²) in [4.78, 5) is 0. The van der Waals surface area contributed by atoms with Gasteiger partial charge < -0.3 is 72.2 Å². The zero-order chi connectivity index (χ0) is 73.9. The number of fused-ring (bicyclic) bond motifs is 2. The van der Waals surface area contributed by atoms with Gasteiger partial charge in [-0.15, -0.1) is 0 Å². The molecule has 554 valence electrons. The quantitative estimate of drug-likeness (QED) is 0.0363. The summed E-state index contributed by atoms with van der Waals surface area (Å²) >= 11 is 13.6. The van der Waals surface area contributed by atoms with Crippen LogP contribution in [0.2, 0.25) is 10.0 Å². The Balaban J connectivity index is 0.000000199. The first kappa shape index (κ1) is 77.3. The van der Waals surface area contributed by atoms with E-state index in [0.29, 0.717) is 51.9 Å². The Bertz CT molecular complexity index is 4380. The number of hydrogen-bond acceptors (Lipinski definition) is 15. The molecule has 0 unspecified atom stereocenters. The van der Waals surface area contributed by atoms with Crippen LogP contribution in [0.5, 0.6) is 11.5 Å². The van der Waals surface area contributed by atoms with Crippen molar-refractivity contribution in [2.45, 2.75) is 126 Å². The molecule has 3 heterocycles. The van der Waals surface area contributed by atoms with Crippen LogP contribution in [-0.4, -0.2) is 110 Å². The molecule has 2 bridgehead atoms. The molecule has 106 heavy (non-hydrogen) atoms. The Morgan fingerprint density at radius 1 is 0.396 bits per heavy atom. The Hall–Kier alpha value is -8.28. The first-order valence-corrected chi connectivity index (χ1v) is 36.3. The summed E-state index contributed by atoms with van der Waals surface area (Å²) in [5, 5.41) is 34.4. The van der Waals surface area contributed by atoms with Gasteiger partial charge in [0.1, 0.15) is 47.8 Å². The number of hydrogen-bond donors (Lipinski definition) is 3. The molecular weight excluding hydrogens is 1390 g/mol. The van der Waals surface area contributed by atoms with Crippen molar-refractivity contribution in [3.8, 4) is 11.5 Å². The molecule has 0 radical (unpaired) electrons. The Morgan fingerprint density at radius 3 is 1.15 bits per heavy atom. The third-order valence-corrected chi connectivity index (χ3v) is 20.0. The van der Waals surface area contributed by atoms with Gasteiger partial charge in [0.25, 0.3) is 0 Å². The number of halogens is 4. The molecule has 0 spiro atoms. The van der Waals surface area contributed by atoms with Crippen LogP contribution < -0.4 is 9.47 Å². The summed E-state index contributed by atoms with van der Waals surface area (Å²) in [5.74, 6) is -3.85. The van der Waals surface area contributed by atoms with Crippen molar-refractivity contribution in [1.82, 2.24) is 0 Å². The van der Waals surface area contributed by atoms with Gasteiger partial charge in [0.05, 0.1) is 79.3 Å². The maximum absolute atomic E-state index is 14.9. The van der Waals surface area contributed by atoms with E-state index >= 15 is 0 Å². The molecular formula is C87H88Cl2F2O15. The van der Waals surface area contributed by atoms with Gasteiger partial charge in [-0.25, -0.2) is 8.78 Å². The lowest BCUT2D eigenvalue weighted by Crippen LogP contribution is -2.72. The molecule has 0 aliphatic carbocycles. The number of rotatable bonds is 32. The molecule has 10 aromatic rings. The van der Waals surface area contributed by atoms with E-state index < -0.39 is 90.9 Å². The first-order chi connectivity index (χ1) is 51.8. The van der Waals surface area contributed by atoms with Gasteiger partial charge in [0, 0.05) is 28.3 Å². The molecule has 0 saturated carbocycles. The lowest BCUT2D eigenvalue weighted by atomic mass is 9.80. The highest BCUT2D eigenvalue weighted by atomic mass is 35.5. The fraction of sp³-hybridized carbons (Fsp3) is 0.310. The van der Waals surface area contributed by atoms with E-state index in [2.05, 4.69) is 0 Å². The zero-order valence-corrected chi connectivity index (χ0v) is 60.9. The van der Waals surface area contributed by atoms with Gasteiger partial charge in [-0.05, 0) is 131 Å². The Morgan fingerprint density at radius 2 is 0.764 bits per heavy atom. The Labute approximate surface area is 627 Å². The van der Waals surface area contributed by atoms with E-state index in [1.807, 2.05) is 213 Å². The average molecular weight is 1480 g/mol. The minimum Gasteiger partial charge on any atom is -0.491 e. The van der Waals surface area contributed by atoms with Crippen LogP contribution in [0.3, 0.4) is 0 Å². The third-order valence-electron chi connectivity index (χ3n) is 19.3. The smallest absolute Gasteiger partial charge is 0.225 e. The van der Waals surface area contributed by atoms with Gasteiger partial charge in [0.2, 0.25) is 11.6 Å². The van der Waals surface area contributed by atoms with Gasteiger partial charge in [-0.3, -0.25) is 0 Å². The SMILES string of the molecule is CCOc1ccc(Cc2cc([C@]3(OC)OC(CO)(CO)[C@@H](OCc4ccccc4)[C@H](OCc4ccccc4)[C@H]3OCc3ccccc3)ccc2Cl)cc1F.CCOc1ccc(Cc2cc([C@]34OC[C@](CO)(O3)[C@@H](OCc3ccccc3)[C@H](OCc3ccccc3)[C@H]4OCc3ccccc3)ccc2Cl)cc1F. The summed E-state index contributed by atoms with van der Waals surface area (Å²) in [7, 11) is 1.48. The largest absolute Gasteiger partial charge is 0.491 e. The van der Waals surface area contributed by atoms with Crippen molar-refractivity contribution >= 4 is 23.2 Å². The molecule has 3 fully saturated rings. The van der Waals surface area contributed by atoms with Crippen LogP contribution in [0.4, 0.5) is 8.78 Å². The number of methoxy groups -OCH3 is 1. The van der Waals surface area contributed by atoms with E-state index in [9.17, 15) is 24.1 Å². The molecule has 0 amide bonds. The highest BCUT2D eigenvalue weighted by Gasteiger charge is 2.70. The molecule has 0 aromatic heterocycles. The first-order valence-electron chi connectivity index (χ1n) is 35.5. The van der Waals surface area contributed by atoms with E-state index in [1.165, 1.54) is 19.2 Å². The highest BCUT2D eigenvalue weighted by Crippen LogP contribution is 2.54. The van der Waals surface area contributed by atoms with Crippen LogP contribution in [0.1, 0.15) is 80.6 Å². The third kappa shape index (κ3) is 18.0. The number of aliphatic hydroxyl groups is 3. The molecule has 13 rings (SSSR count). The lowest BCUT2D eigenvalue weighted by Gasteiger charge is -2.56. The minimum absolute atomic E-state index is 0.0153. The van der Waals surface area contributed by atoms with Crippen molar-refractivity contribution in [1.29, 1.82) is 0 Å². The van der Waals surface area contributed by atoms with Gasteiger partial charge >= 0.3 is 0 Å². The van der Waals surface area contributed by atoms with Crippen molar-refractivity contribution < 1.29 is 80.9 Å². The molecule has 10 aromatic carbocycles. The predicted octanol–water partition coefficient (Wildman–Crippen LogP) is 15.9. The number of aliphatic hydroxyl groups excluding tert-OH is 3. The summed E-state index contributed by atoms with van der Waals surface area (Å²) in [6, 6.07) is 79.0. The van der Waals surface area contributed by atoms with E-state index in [-0.39, 0.29) is 64.2 Å². The maximum atomic E-state index is 14.9. The fourth-order valence-electron chi connectivity index (χ4n) is 13.9. The van der Waals surface area contributed by atoms with Gasteiger partial charge in [-0.2, -0.15) is 0 Å². The molecule has 15 nitrogen and oxygen atoms in total. The fourth-order valence-corrected chi connectivity index (χ4v) is 14.2. The van der Waals surface area contributed by atoms with Crippen LogP contribution in [-0.2, 0) is 111 Å². The van der Waals surface area contributed by atoms with Crippen LogP contribution in [0.15, 0.2) is 255 Å². The van der Waals surface area contributed by atoms with Crippen molar-refractivity contribution in [3.05, 3.63) is 343 Å². The minimum atomic E-state index is -1.78. The second-order valence-corrected chi connectivity index (χ2v) is 27.2. The summed E-state index contributed by atoms with van der Waals surface area (Å²) < 4.78 is 108. The maximum Gasteiger partial charge on any atom is 0.225 e. The predicted molar refractivity (Wildman–Crippen MR) is 399 cm³/mol. The Kier molecular flexibility index (Phi) is 26.7. The van der Waals surface area contributed by atoms with Crippen LogP contribution in [0, 0.1) is 11.6 Å². The van der Waals surface area contributed by atoms with Crippen molar-refractivity contribution in [2.24, 2.45) is 0 Å². The average Bonchev–Trinajstić information content (AvgIpc) is 1.54.